The minimum absolute atomic E-state index is 0.113. The van der Waals surface area contributed by atoms with Crippen LogP contribution in [0.3, 0.4) is 0 Å². The number of benzene rings is 2. The number of ether oxygens (including phenoxy) is 1. The number of anilines is 1. The summed E-state index contributed by atoms with van der Waals surface area (Å²) in [5, 5.41) is 0. The molecule has 5 rings (SSSR count). The summed E-state index contributed by atoms with van der Waals surface area (Å²) in [7, 11) is -3.54. The number of hydrogen-bond acceptors (Lipinski definition) is 5. The second kappa shape index (κ2) is 10.4. The molecule has 0 radical (unpaired) electrons. The molecule has 2 aromatic rings. The third-order valence-electron chi connectivity index (χ3n) is 8.20. The normalized spacial score (nSPS) is 22.2. The molecule has 0 unspecified atom stereocenters. The van der Waals surface area contributed by atoms with Gasteiger partial charge in [-0.3, -0.25) is 4.90 Å². The van der Waals surface area contributed by atoms with Gasteiger partial charge in [0, 0.05) is 51.0 Å². The molecule has 3 heterocycles. The summed E-state index contributed by atoms with van der Waals surface area (Å²) in [5.41, 5.74) is 4.00. The average molecular weight is 516 g/mol. The Hall–Kier alpha value is -2.00. The number of hydrogen-bond donors (Lipinski definition) is 0. The fourth-order valence-corrected chi connectivity index (χ4v) is 7.43. The van der Waals surface area contributed by atoms with Crippen LogP contribution < -0.4 is 4.90 Å². The molecule has 0 aliphatic carbocycles. The summed E-state index contributed by atoms with van der Waals surface area (Å²) in [6.07, 6.45) is 3.04. The summed E-state index contributed by atoms with van der Waals surface area (Å²) < 4.78 is 47.2. The van der Waals surface area contributed by atoms with Crippen molar-refractivity contribution in [3.05, 3.63) is 65.0 Å². The summed E-state index contributed by atoms with van der Waals surface area (Å²) in [4.78, 5) is 5.02. The van der Waals surface area contributed by atoms with Gasteiger partial charge in [0.1, 0.15) is 5.82 Å². The van der Waals surface area contributed by atoms with Crippen LogP contribution in [0.5, 0.6) is 0 Å². The Labute approximate surface area is 215 Å². The van der Waals surface area contributed by atoms with E-state index in [1.807, 2.05) is 0 Å². The molecule has 2 fully saturated rings. The second-order valence-corrected chi connectivity index (χ2v) is 13.0. The fourth-order valence-electron chi connectivity index (χ4n) is 5.93. The minimum Gasteiger partial charge on any atom is -0.379 e. The van der Waals surface area contributed by atoms with E-state index < -0.39 is 10.0 Å². The van der Waals surface area contributed by atoms with Gasteiger partial charge in [0.2, 0.25) is 10.0 Å². The smallest absolute Gasteiger partial charge is 0.218 e. The van der Waals surface area contributed by atoms with Crippen molar-refractivity contribution in [1.29, 1.82) is 0 Å². The van der Waals surface area contributed by atoms with Gasteiger partial charge in [-0.25, -0.2) is 12.8 Å². The predicted molar refractivity (Wildman–Crippen MR) is 141 cm³/mol. The van der Waals surface area contributed by atoms with Crippen LogP contribution in [0.4, 0.5) is 10.1 Å². The summed E-state index contributed by atoms with van der Waals surface area (Å²) in [5.74, 6) is -0.472. The van der Waals surface area contributed by atoms with E-state index in [0.29, 0.717) is 24.7 Å². The molecule has 8 heteroatoms. The zero-order valence-electron chi connectivity index (χ0n) is 21.5. The van der Waals surface area contributed by atoms with Crippen LogP contribution in [0.25, 0.3) is 0 Å². The van der Waals surface area contributed by atoms with E-state index in [2.05, 4.69) is 41.8 Å². The van der Waals surface area contributed by atoms with Gasteiger partial charge >= 0.3 is 0 Å². The molecule has 0 bridgehead atoms. The Kier molecular flexibility index (Phi) is 7.41. The number of morpholine rings is 1. The van der Waals surface area contributed by atoms with E-state index in [4.69, 9.17) is 4.74 Å². The zero-order valence-corrected chi connectivity index (χ0v) is 22.3. The van der Waals surface area contributed by atoms with Gasteiger partial charge in [0.05, 0.1) is 19.0 Å². The lowest BCUT2D eigenvalue weighted by atomic mass is 9.80. The van der Waals surface area contributed by atoms with Gasteiger partial charge < -0.3 is 9.64 Å². The van der Waals surface area contributed by atoms with Gasteiger partial charge in [-0.05, 0) is 65.6 Å². The molecular formula is C28H38FN3O3S. The van der Waals surface area contributed by atoms with E-state index in [9.17, 15) is 12.8 Å². The third-order valence-corrected chi connectivity index (χ3v) is 9.99. The highest BCUT2D eigenvalue weighted by molar-refractivity contribution is 7.88. The number of nitrogens with zero attached hydrogens (tertiary/aromatic N) is 3. The summed E-state index contributed by atoms with van der Waals surface area (Å²) in [6.45, 7) is 11.0. The van der Waals surface area contributed by atoms with Crippen LogP contribution >= 0.6 is 0 Å². The van der Waals surface area contributed by atoms with E-state index in [1.165, 1.54) is 23.4 Å². The van der Waals surface area contributed by atoms with Crippen molar-refractivity contribution in [2.45, 2.75) is 56.9 Å². The van der Waals surface area contributed by atoms with Crippen molar-refractivity contribution in [3.8, 4) is 0 Å². The molecule has 2 aromatic carbocycles. The molecule has 196 valence electrons. The van der Waals surface area contributed by atoms with E-state index in [0.717, 1.165) is 64.2 Å². The lowest BCUT2D eigenvalue weighted by Gasteiger charge is -2.41. The molecule has 3 aliphatic rings. The molecule has 2 saturated heterocycles. The van der Waals surface area contributed by atoms with Crippen molar-refractivity contribution in [2.75, 3.05) is 50.8 Å². The lowest BCUT2D eigenvalue weighted by Crippen LogP contribution is -2.49. The highest BCUT2D eigenvalue weighted by Crippen LogP contribution is 2.37. The van der Waals surface area contributed by atoms with Crippen LogP contribution in [-0.2, 0) is 32.5 Å². The highest BCUT2D eigenvalue weighted by Gasteiger charge is 2.34. The lowest BCUT2D eigenvalue weighted by molar-refractivity contribution is 0.0115. The van der Waals surface area contributed by atoms with Crippen molar-refractivity contribution in [3.63, 3.8) is 0 Å². The highest BCUT2D eigenvalue weighted by atomic mass is 32.2. The minimum atomic E-state index is -3.54. The van der Waals surface area contributed by atoms with Crippen molar-refractivity contribution in [2.24, 2.45) is 0 Å². The maximum atomic E-state index is 13.4. The van der Waals surface area contributed by atoms with E-state index in [1.54, 1.807) is 16.4 Å². The molecule has 0 spiro atoms. The molecule has 6 nitrogen and oxygen atoms in total. The molecule has 0 amide bonds. The first kappa shape index (κ1) is 25.6. The Balaban J connectivity index is 1.33. The molecule has 36 heavy (non-hydrogen) atoms. The SMILES string of the molecule is CC1(C)CCN(S(=O)(=O)Cc2ccc(F)cc2)Cc2cc(N3CCC(N4CCOCC4)CC3)ccc21. The maximum absolute atomic E-state index is 13.4. The second-order valence-electron chi connectivity index (χ2n) is 11.1. The van der Waals surface area contributed by atoms with Crippen LogP contribution in [0, 0.1) is 5.82 Å². The Morgan fingerprint density at radius 2 is 1.67 bits per heavy atom. The number of fused-ring (bicyclic) bond motifs is 1. The Morgan fingerprint density at radius 1 is 0.972 bits per heavy atom. The van der Waals surface area contributed by atoms with Gasteiger partial charge in [-0.2, -0.15) is 4.31 Å². The fraction of sp³-hybridized carbons (Fsp3) is 0.571. The molecule has 0 aromatic heterocycles. The average Bonchev–Trinajstić information content (AvgIpc) is 3.01. The standard InChI is InChI=1S/C28H38FN3O3S/c1-28(2)11-14-32(36(33,34)21-22-3-5-24(29)6-4-22)20-23-19-26(7-8-27(23)28)30-12-9-25(10-13-30)31-15-17-35-18-16-31/h3-8,19,25H,9-18,20-21H2,1-2H3. The summed E-state index contributed by atoms with van der Waals surface area (Å²) in [6, 6.07) is 13.0. The number of sulfonamides is 1. The van der Waals surface area contributed by atoms with E-state index in [-0.39, 0.29) is 17.0 Å². The van der Waals surface area contributed by atoms with Crippen LogP contribution in [0.2, 0.25) is 0 Å². The van der Waals surface area contributed by atoms with Crippen LogP contribution in [0.15, 0.2) is 42.5 Å². The first-order chi connectivity index (χ1) is 17.2. The summed E-state index contributed by atoms with van der Waals surface area (Å²) >= 11 is 0. The largest absolute Gasteiger partial charge is 0.379 e. The van der Waals surface area contributed by atoms with Crippen LogP contribution in [0.1, 0.15) is 49.8 Å². The number of halogens is 1. The van der Waals surface area contributed by atoms with Crippen molar-refractivity contribution in [1.82, 2.24) is 9.21 Å². The first-order valence-corrected chi connectivity index (χ1v) is 14.7. The third kappa shape index (κ3) is 5.62. The van der Waals surface area contributed by atoms with E-state index >= 15 is 0 Å². The number of piperidine rings is 1. The Bertz CT molecular complexity index is 1160. The maximum Gasteiger partial charge on any atom is 0.218 e. The van der Waals surface area contributed by atoms with Crippen molar-refractivity contribution >= 4 is 15.7 Å². The molecule has 0 saturated carbocycles. The zero-order chi connectivity index (χ0) is 25.3. The number of rotatable bonds is 5. The topological polar surface area (TPSA) is 53.1 Å². The van der Waals surface area contributed by atoms with Gasteiger partial charge in [-0.1, -0.05) is 32.0 Å². The molecule has 3 aliphatic heterocycles. The quantitative estimate of drug-likeness (QED) is 0.599. The predicted octanol–water partition coefficient (Wildman–Crippen LogP) is 4.14. The van der Waals surface area contributed by atoms with Gasteiger partial charge in [-0.15, -0.1) is 0 Å². The van der Waals surface area contributed by atoms with Gasteiger partial charge in [0.15, 0.2) is 0 Å². The molecule has 0 atom stereocenters. The molecular weight excluding hydrogens is 477 g/mol. The molecule has 0 N–H and O–H groups in total. The monoisotopic (exact) mass is 515 g/mol. The van der Waals surface area contributed by atoms with Crippen molar-refractivity contribution < 1.29 is 17.5 Å². The van der Waals surface area contributed by atoms with Gasteiger partial charge in [0.25, 0.3) is 0 Å². The first-order valence-electron chi connectivity index (χ1n) is 13.1. The Morgan fingerprint density at radius 3 is 2.36 bits per heavy atom. The van der Waals surface area contributed by atoms with Crippen LogP contribution in [-0.4, -0.2) is 69.6 Å².